The topological polar surface area (TPSA) is 48.0 Å². The van der Waals surface area contributed by atoms with Crippen molar-refractivity contribution in [3.05, 3.63) is 48.0 Å². The first-order chi connectivity index (χ1) is 13.6. The summed E-state index contributed by atoms with van der Waals surface area (Å²) in [6.07, 6.45) is 3.70. The van der Waals surface area contributed by atoms with Crippen molar-refractivity contribution in [3.8, 4) is 17.2 Å². The minimum absolute atomic E-state index is 0.143. The molecule has 0 bridgehead atoms. The molecule has 5 heteroatoms. The van der Waals surface area contributed by atoms with Crippen LogP contribution in [-0.4, -0.2) is 33.8 Å². The van der Waals surface area contributed by atoms with Crippen LogP contribution in [0.2, 0.25) is 0 Å². The number of hydrogen-bond donors (Lipinski definition) is 0. The van der Waals surface area contributed by atoms with Crippen LogP contribution >= 0.6 is 0 Å². The van der Waals surface area contributed by atoms with Crippen molar-refractivity contribution in [1.29, 1.82) is 0 Å². The van der Waals surface area contributed by atoms with Gasteiger partial charge in [0.05, 0.1) is 26.7 Å². The third kappa shape index (κ3) is 3.66. The highest BCUT2D eigenvalue weighted by Crippen LogP contribution is 2.50. The summed E-state index contributed by atoms with van der Waals surface area (Å²) in [6, 6.07) is 14.0. The van der Waals surface area contributed by atoms with Gasteiger partial charge >= 0.3 is 0 Å². The first-order valence-corrected chi connectivity index (χ1v) is 9.74. The van der Waals surface area contributed by atoms with Crippen molar-refractivity contribution in [2.45, 2.75) is 32.6 Å². The number of anilines is 1. The van der Waals surface area contributed by atoms with Gasteiger partial charge in [0.2, 0.25) is 5.91 Å². The van der Waals surface area contributed by atoms with Crippen LogP contribution in [0.25, 0.3) is 0 Å². The van der Waals surface area contributed by atoms with E-state index in [0.717, 1.165) is 25.7 Å². The largest absolute Gasteiger partial charge is 0.496 e. The fourth-order valence-corrected chi connectivity index (χ4v) is 3.97. The van der Waals surface area contributed by atoms with Gasteiger partial charge in [0.1, 0.15) is 22.9 Å². The number of amides is 1. The van der Waals surface area contributed by atoms with Crippen LogP contribution in [0.5, 0.6) is 17.2 Å². The number of ether oxygens (including phenoxy) is 3. The summed E-state index contributed by atoms with van der Waals surface area (Å²) in [5.41, 5.74) is 1.70. The Balaban J connectivity index is 1.75. The van der Waals surface area contributed by atoms with Crippen LogP contribution in [0.15, 0.2) is 42.5 Å². The lowest BCUT2D eigenvalue weighted by Gasteiger charge is -2.49. The number of carbonyl (C=O) groups is 1. The number of rotatable bonds is 9. The van der Waals surface area contributed by atoms with Gasteiger partial charge in [-0.15, -0.1) is 0 Å². The summed E-state index contributed by atoms with van der Waals surface area (Å²) in [5, 5.41) is 0. The molecule has 1 fully saturated rings. The van der Waals surface area contributed by atoms with Crippen molar-refractivity contribution in [2.75, 3.05) is 32.8 Å². The Kier molecular flexibility index (Phi) is 6.12. The smallest absolute Gasteiger partial charge is 0.235 e. The summed E-state index contributed by atoms with van der Waals surface area (Å²) in [5.74, 6) is 1.94. The van der Waals surface area contributed by atoms with E-state index in [1.165, 1.54) is 5.56 Å². The van der Waals surface area contributed by atoms with Crippen LogP contribution in [0.4, 0.5) is 5.69 Å². The zero-order chi connectivity index (χ0) is 20.1. The van der Waals surface area contributed by atoms with E-state index < -0.39 is 0 Å². The van der Waals surface area contributed by atoms with Crippen molar-refractivity contribution < 1.29 is 19.0 Å². The van der Waals surface area contributed by atoms with Crippen LogP contribution in [0.1, 0.15) is 31.7 Å². The Morgan fingerprint density at radius 3 is 2.14 bits per heavy atom. The summed E-state index contributed by atoms with van der Waals surface area (Å²) >= 11 is 0. The highest BCUT2D eigenvalue weighted by Gasteiger charge is 2.52. The number of methoxy groups -OCH3 is 3. The molecule has 1 aliphatic heterocycles. The molecule has 2 aromatic carbocycles. The van der Waals surface area contributed by atoms with Gasteiger partial charge < -0.3 is 19.1 Å². The molecular weight excluding hydrogens is 354 g/mol. The number of hydrogen-bond acceptors (Lipinski definition) is 4. The second kappa shape index (κ2) is 8.55. The van der Waals surface area contributed by atoms with E-state index in [9.17, 15) is 4.79 Å². The summed E-state index contributed by atoms with van der Waals surface area (Å²) < 4.78 is 16.4. The average molecular weight is 383 g/mol. The molecule has 3 rings (SSSR count). The molecule has 1 heterocycles. The second-order valence-corrected chi connectivity index (χ2v) is 7.24. The fourth-order valence-electron chi connectivity index (χ4n) is 3.97. The van der Waals surface area contributed by atoms with E-state index >= 15 is 0 Å². The molecule has 2 aromatic rings. The molecule has 0 unspecified atom stereocenters. The number of aryl methyl sites for hydroxylation is 1. The molecule has 0 radical (unpaired) electrons. The van der Waals surface area contributed by atoms with E-state index in [-0.39, 0.29) is 11.3 Å². The lowest BCUT2D eigenvalue weighted by atomic mass is 9.72. The molecule has 1 atom stereocenters. The van der Waals surface area contributed by atoms with Crippen molar-refractivity contribution >= 4 is 11.6 Å². The molecule has 28 heavy (non-hydrogen) atoms. The number of benzene rings is 2. The number of β-lactam (4-membered cyclic amide) rings is 1. The molecule has 1 amide bonds. The third-order valence-corrected chi connectivity index (χ3v) is 5.76. The van der Waals surface area contributed by atoms with Crippen LogP contribution in [-0.2, 0) is 11.2 Å². The number of nitrogens with zero attached hydrogens (tertiary/aromatic N) is 1. The predicted molar refractivity (Wildman–Crippen MR) is 111 cm³/mol. The molecule has 0 saturated carbocycles. The number of carbonyl (C=O) groups excluding carboxylic acids is 1. The van der Waals surface area contributed by atoms with Gasteiger partial charge in [-0.3, -0.25) is 4.79 Å². The van der Waals surface area contributed by atoms with Crippen molar-refractivity contribution in [2.24, 2.45) is 5.41 Å². The van der Waals surface area contributed by atoms with Gasteiger partial charge in [0, 0.05) is 18.7 Å². The Labute approximate surface area is 167 Å². The zero-order valence-electron chi connectivity index (χ0n) is 17.2. The molecule has 0 aromatic heterocycles. The van der Waals surface area contributed by atoms with E-state index in [4.69, 9.17) is 14.2 Å². The highest BCUT2D eigenvalue weighted by molar-refractivity contribution is 6.06. The van der Waals surface area contributed by atoms with E-state index in [0.29, 0.717) is 29.5 Å². The van der Waals surface area contributed by atoms with E-state index in [2.05, 4.69) is 31.2 Å². The summed E-state index contributed by atoms with van der Waals surface area (Å²) in [6.45, 7) is 2.77. The molecule has 1 aliphatic rings. The van der Waals surface area contributed by atoms with Crippen LogP contribution in [0.3, 0.4) is 0 Å². The van der Waals surface area contributed by atoms with Crippen molar-refractivity contribution in [3.63, 3.8) is 0 Å². The van der Waals surface area contributed by atoms with Crippen LogP contribution in [0, 0.1) is 5.41 Å². The highest BCUT2D eigenvalue weighted by atomic mass is 16.5. The summed E-state index contributed by atoms with van der Waals surface area (Å²) in [7, 11) is 4.78. The SMILES string of the molecule is CC[C@]1(CCCc2ccccc2)CN(c2c(OC)cc(OC)cc2OC)C1=O. The quantitative estimate of drug-likeness (QED) is 0.599. The van der Waals surface area contributed by atoms with Gasteiger partial charge in [-0.25, -0.2) is 0 Å². The average Bonchev–Trinajstić information content (AvgIpc) is 2.75. The zero-order valence-corrected chi connectivity index (χ0v) is 17.2. The third-order valence-electron chi connectivity index (χ3n) is 5.76. The van der Waals surface area contributed by atoms with E-state index in [1.807, 2.05) is 6.07 Å². The van der Waals surface area contributed by atoms with Gasteiger partial charge in [-0.1, -0.05) is 37.3 Å². The molecule has 150 valence electrons. The first kappa shape index (κ1) is 20.1. The fraction of sp³-hybridized carbons (Fsp3) is 0.435. The normalized spacial score (nSPS) is 18.6. The molecule has 0 N–H and O–H groups in total. The van der Waals surface area contributed by atoms with Crippen molar-refractivity contribution in [1.82, 2.24) is 0 Å². The lowest BCUT2D eigenvalue weighted by Crippen LogP contribution is -2.61. The van der Waals surface area contributed by atoms with Gasteiger partial charge in [-0.05, 0) is 31.2 Å². The molecular formula is C23H29NO4. The van der Waals surface area contributed by atoms with Gasteiger partial charge in [-0.2, -0.15) is 0 Å². The first-order valence-electron chi connectivity index (χ1n) is 9.74. The minimum Gasteiger partial charge on any atom is -0.496 e. The summed E-state index contributed by atoms with van der Waals surface area (Å²) in [4.78, 5) is 15.0. The Bertz CT molecular complexity index is 796. The molecule has 1 saturated heterocycles. The maximum absolute atomic E-state index is 13.2. The van der Waals surface area contributed by atoms with E-state index in [1.54, 1.807) is 38.4 Å². The van der Waals surface area contributed by atoms with Crippen LogP contribution < -0.4 is 19.1 Å². The molecule has 5 nitrogen and oxygen atoms in total. The molecule has 0 spiro atoms. The molecule has 0 aliphatic carbocycles. The van der Waals surface area contributed by atoms with Gasteiger partial charge in [0.25, 0.3) is 0 Å². The monoisotopic (exact) mass is 383 g/mol. The van der Waals surface area contributed by atoms with Gasteiger partial charge in [0.15, 0.2) is 0 Å². The Morgan fingerprint density at radius 2 is 1.64 bits per heavy atom. The minimum atomic E-state index is -0.301. The second-order valence-electron chi connectivity index (χ2n) is 7.24. The lowest BCUT2D eigenvalue weighted by molar-refractivity contribution is -0.136. The predicted octanol–water partition coefficient (Wildman–Crippen LogP) is 4.48. The standard InChI is InChI=1S/C23H29NO4/c1-5-23(13-9-12-17-10-7-6-8-11-17)16-24(22(23)25)21-19(27-3)14-18(26-2)15-20(21)28-4/h6-8,10-11,14-15H,5,9,12-13,16H2,1-4H3/t23-/m0/s1. The maximum Gasteiger partial charge on any atom is 0.235 e. The Hall–Kier alpha value is -2.69. The Morgan fingerprint density at radius 1 is 1.00 bits per heavy atom. The maximum atomic E-state index is 13.2.